The second kappa shape index (κ2) is 9.45. The van der Waals surface area contributed by atoms with Gasteiger partial charge in [0.25, 0.3) is 0 Å². The van der Waals surface area contributed by atoms with Gasteiger partial charge < -0.3 is 15.3 Å². The van der Waals surface area contributed by atoms with E-state index in [2.05, 4.69) is 35.8 Å². The van der Waals surface area contributed by atoms with Crippen LogP contribution in [0.5, 0.6) is 0 Å². The van der Waals surface area contributed by atoms with Crippen molar-refractivity contribution in [2.45, 2.75) is 56.8 Å². The van der Waals surface area contributed by atoms with Gasteiger partial charge in [0.05, 0.1) is 12.1 Å². The van der Waals surface area contributed by atoms with E-state index in [0.29, 0.717) is 11.8 Å². The summed E-state index contributed by atoms with van der Waals surface area (Å²) in [5.41, 5.74) is -0.546. The first-order valence-electron chi connectivity index (χ1n) is 8.04. The largest absolute Gasteiger partial charge is 0.388 e. The van der Waals surface area contributed by atoms with Crippen LogP contribution in [0, 0.1) is 0 Å². The van der Waals surface area contributed by atoms with Crippen LogP contribution >= 0.6 is 35.7 Å². The van der Waals surface area contributed by atoms with Gasteiger partial charge in [-0.2, -0.15) is 11.8 Å². The summed E-state index contributed by atoms with van der Waals surface area (Å²) >= 11 is 2.07. The van der Waals surface area contributed by atoms with Gasteiger partial charge in [-0.1, -0.05) is 19.8 Å². The average molecular weight is 427 g/mol. The lowest BCUT2D eigenvalue weighted by atomic mass is 10.0. The number of hydrogen-bond acceptors (Lipinski definition) is 3. The maximum Gasteiger partial charge on any atom is 0.194 e. The van der Waals surface area contributed by atoms with Crippen LogP contribution < -0.4 is 5.32 Å². The average Bonchev–Trinajstić information content (AvgIpc) is 2.90. The minimum Gasteiger partial charge on any atom is -0.388 e. The molecule has 0 aromatic heterocycles. The van der Waals surface area contributed by atoms with E-state index >= 15 is 0 Å². The first-order valence-corrected chi connectivity index (χ1v) is 9.09. The maximum atomic E-state index is 10.4. The zero-order valence-electron chi connectivity index (χ0n) is 13.3. The van der Waals surface area contributed by atoms with Gasteiger partial charge in [-0.25, -0.2) is 0 Å². The summed E-state index contributed by atoms with van der Waals surface area (Å²) in [5, 5.41) is 14.6. The summed E-state index contributed by atoms with van der Waals surface area (Å²) in [7, 11) is 0. The SMILES string of the molecule is CCNC(=NCC1(O)CCCC1)N1CCSC(CC)C1.I. The quantitative estimate of drug-likeness (QED) is 0.412. The maximum absolute atomic E-state index is 10.4. The van der Waals surface area contributed by atoms with Gasteiger partial charge in [-0.3, -0.25) is 4.99 Å². The summed E-state index contributed by atoms with van der Waals surface area (Å²) in [6.07, 6.45) is 5.30. The predicted octanol–water partition coefficient (Wildman–Crippen LogP) is 2.70. The van der Waals surface area contributed by atoms with Crippen molar-refractivity contribution < 1.29 is 5.11 Å². The molecule has 2 N–H and O–H groups in total. The van der Waals surface area contributed by atoms with Crippen molar-refractivity contribution >= 4 is 41.7 Å². The fourth-order valence-electron chi connectivity index (χ4n) is 3.00. The van der Waals surface area contributed by atoms with Gasteiger partial charge in [-0.05, 0) is 26.2 Å². The fraction of sp³-hybridized carbons (Fsp3) is 0.933. The molecule has 2 fully saturated rings. The molecule has 0 spiro atoms. The van der Waals surface area contributed by atoms with E-state index in [1.165, 1.54) is 12.2 Å². The lowest BCUT2D eigenvalue weighted by molar-refractivity contribution is 0.0571. The van der Waals surface area contributed by atoms with Crippen molar-refractivity contribution in [2.24, 2.45) is 4.99 Å². The van der Waals surface area contributed by atoms with E-state index in [-0.39, 0.29) is 24.0 Å². The second-order valence-corrected chi connectivity index (χ2v) is 7.36. The first kappa shape index (κ1) is 19.4. The zero-order valence-corrected chi connectivity index (χ0v) is 16.5. The lowest BCUT2D eigenvalue weighted by Gasteiger charge is -2.34. The molecule has 0 aromatic rings. The fourth-order valence-corrected chi connectivity index (χ4v) is 4.18. The van der Waals surface area contributed by atoms with Gasteiger partial charge in [0, 0.05) is 30.6 Å². The summed E-state index contributed by atoms with van der Waals surface area (Å²) in [6.45, 7) is 7.94. The van der Waals surface area contributed by atoms with Crippen LogP contribution in [0.4, 0.5) is 0 Å². The highest BCUT2D eigenvalue weighted by Gasteiger charge is 2.31. The number of hydrogen-bond donors (Lipinski definition) is 2. The van der Waals surface area contributed by atoms with Crippen molar-refractivity contribution in [2.75, 3.05) is 31.9 Å². The Kier molecular flexibility index (Phi) is 8.71. The molecule has 0 radical (unpaired) electrons. The van der Waals surface area contributed by atoms with Crippen LogP contribution in [0.25, 0.3) is 0 Å². The molecular weight excluding hydrogens is 397 g/mol. The van der Waals surface area contributed by atoms with Gasteiger partial charge >= 0.3 is 0 Å². The molecule has 0 amide bonds. The van der Waals surface area contributed by atoms with Crippen molar-refractivity contribution in [1.29, 1.82) is 0 Å². The summed E-state index contributed by atoms with van der Waals surface area (Å²) in [6, 6.07) is 0. The number of guanidine groups is 1. The van der Waals surface area contributed by atoms with E-state index in [0.717, 1.165) is 51.3 Å². The Hall–Kier alpha value is 0.310. The Morgan fingerprint density at radius 3 is 2.71 bits per heavy atom. The number of nitrogens with zero attached hydrogens (tertiary/aromatic N) is 2. The zero-order chi connectivity index (χ0) is 14.4. The number of nitrogens with one attached hydrogen (secondary N) is 1. The van der Waals surface area contributed by atoms with Gasteiger partial charge in [0.15, 0.2) is 5.96 Å². The number of aliphatic hydroxyl groups is 1. The van der Waals surface area contributed by atoms with Gasteiger partial charge in [0.1, 0.15) is 0 Å². The molecule has 2 rings (SSSR count). The van der Waals surface area contributed by atoms with Crippen LogP contribution in [0.3, 0.4) is 0 Å². The third-order valence-electron chi connectivity index (χ3n) is 4.29. The number of thioether (sulfide) groups is 1. The molecule has 1 saturated carbocycles. The minimum atomic E-state index is -0.546. The summed E-state index contributed by atoms with van der Waals surface area (Å²) in [5.74, 6) is 2.17. The normalized spacial score (nSPS) is 25.6. The van der Waals surface area contributed by atoms with Crippen LogP contribution in [-0.2, 0) is 0 Å². The lowest BCUT2D eigenvalue weighted by Crippen LogP contribution is -2.48. The van der Waals surface area contributed by atoms with E-state index in [9.17, 15) is 5.11 Å². The standard InChI is InChI=1S/C15H29N3OS.HI/c1-3-13-11-18(9-10-20-13)14(16-4-2)17-12-15(19)7-5-6-8-15;/h13,19H,3-12H2,1-2H3,(H,16,17);1H. The van der Waals surface area contributed by atoms with Crippen molar-refractivity contribution in [3.05, 3.63) is 0 Å². The Bertz CT molecular complexity index is 335. The number of aliphatic imine (C=N–C) groups is 1. The predicted molar refractivity (Wildman–Crippen MR) is 103 cm³/mol. The molecule has 6 heteroatoms. The van der Waals surface area contributed by atoms with E-state index in [4.69, 9.17) is 4.99 Å². The molecule has 0 bridgehead atoms. The molecule has 21 heavy (non-hydrogen) atoms. The van der Waals surface area contributed by atoms with E-state index in [1.54, 1.807) is 0 Å². The smallest absolute Gasteiger partial charge is 0.194 e. The second-order valence-electron chi connectivity index (χ2n) is 5.95. The molecule has 0 aromatic carbocycles. The molecule has 124 valence electrons. The van der Waals surface area contributed by atoms with E-state index < -0.39 is 5.60 Å². The molecule has 1 atom stereocenters. The third kappa shape index (κ3) is 5.78. The summed E-state index contributed by atoms with van der Waals surface area (Å²) in [4.78, 5) is 7.10. The third-order valence-corrected chi connectivity index (χ3v) is 5.66. The molecular formula is C15H30IN3OS. The minimum absolute atomic E-state index is 0. The molecule has 1 saturated heterocycles. The highest BCUT2D eigenvalue weighted by atomic mass is 127. The Morgan fingerprint density at radius 2 is 2.10 bits per heavy atom. The van der Waals surface area contributed by atoms with Crippen molar-refractivity contribution in [3.63, 3.8) is 0 Å². The highest BCUT2D eigenvalue weighted by Crippen LogP contribution is 2.29. The first-order chi connectivity index (χ1) is 9.67. The number of halogens is 1. The molecule has 4 nitrogen and oxygen atoms in total. The summed E-state index contributed by atoms with van der Waals surface area (Å²) < 4.78 is 0. The van der Waals surface area contributed by atoms with Crippen molar-refractivity contribution in [3.8, 4) is 0 Å². The van der Waals surface area contributed by atoms with Crippen LogP contribution in [0.1, 0.15) is 46.0 Å². The molecule has 1 unspecified atom stereocenters. The van der Waals surface area contributed by atoms with Crippen molar-refractivity contribution in [1.82, 2.24) is 10.2 Å². The Morgan fingerprint density at radius 1 is 1.38 bits per heavy atom. The highest BCUT2D eigenvalue weighted by molar-refractivity contribution is 14.0. The number of rotatable bonds is 4. The van der Waals surface area contributed by atoms with E-state index in [1.807, 2.05) is 0 Å². The monoisotopic (exact) mass is 427 g/mol. The molecule has 2 aliphatic rings. The van der Waals surface area contributed by atoms with Crippen LogP contribution in [0.2, 0.25) is 0 Å². The Balaban J connectivity index is 0.00000220. The topological polar surface area (TPSA) is 47.9 Å². The molecule has 1 aliphatic heterocycles. The van der Waals surface area contributed by atoms with Crippen LogP contribution in [0.15, 0.2) is 4.99 Å². The van der Waals surface area contributed by atoms with Gasteiger partial charge in [-0.15, -0.1) is 24.0 Å². The molecule has 1 heterocycles. The Labute approximate surface area is 150 Å². The van der Waals surface area contributed by atoms with Crippen LogP contribution in [-0.4, -0.2) is 58.7 Å². The molecule has 1 aliphatic carbocycles. The van der Waals surface area contributed by atoms with Gasteiger partial charge in [0.2, 0.25) is 0 Å².